The molecular formula is C16H10ClFN2O. The Bertz CT molecular complexity index is 779. The molecule has 104 valence electrons. The standard InChI is InChI=1S/C16H10ClFN2O/c17-12-5-1-11(2-6-12)16-19-9-14(20-16)15(21)10-3-7-13(18)8-4-10/h1-9H,(H,19,20). The monoisotopic (exact) mass is 300 g/mol. The van der Waals surface area contributed by atoms with E-state index in [1.54, 1.807) is 12.1 Å². The van der Waals surface area contributed by atoms with Crippen molar-refractivity contribution in [3.8, 4) is 11.4 Å². The van der Waals surface area contributed by atoms with Crippen LogP contribution in [-0.4, -0.2) is 15.8 Å². The summed E-state index contributed by atoms with van der Waals surface area (Å²) in [6.07, 6.45) is 1.47. The molecule has 0 spiro atoms. The molecule has 1 N–H and O–H groups in total. The summed E-state index contributed by atoms with van der Waals surface area (Å²) in [4.78, 5) is 19.4. The lowest BCUT2D eigenvalue weighted by Gasteiger charge is -1.99. The Morgan fingerprint density at radius 3 is 2.38 bits per heavy atom. The number of aromatic amines is 1. The maximum absolute atomic E-state index is 12.9. The van der Waals surface area contributed by atoms with Gasteiger partial charge in [-0.15, -0.1) is 0 Å². The minimum absolute atomic E-state index is 0.234. The Labute approximate surface area is 125 Å². The van der Waals surface area contributed by atoms with E-state index in [4.69, 9.17) is 11.6 Å². The van der Waals surface area contributed by atoms with Crippen LogP contribution < -0.4 is 0 Å². The summed E-state index contributed by atoms with van der Waals surface area (Å²) in [5.74, 6) is -0.0298. The smallest absolute Gasteiger partial charge is 0.210 e. The van der Waals surface area contributed by atoms with Gasteiger partial charge in [0, 0.05) is 16.1 Å². The lowest BCUT2D eigenvalue weighted by Crippen LogP contribution is -2.01. The molecule has 0 aliphatic heterocycles. The van der Waals surface area contributed by atoms with E-state index in [0.717, 1.165) is 5.56 Å². The van der Waals surface area contributed by atoms with Crippen molar-refractivity contribution >= 4 is 17.4 Å². The quantitative estimate of drug-likeness (QED) is 0.740. The summed E-state index contributed by atoms with van der Waals surface area (Å²) in [6.45, 7) is 0. The second-order valence-corrected chi connectivity index (χ2v) is 4.92. The minimum Gasteiger partial charge on any atom is -0.335 e. The van der Waals surface area contributed by atoms with Crippen LogP contribution in [0.1, 0.15) is 16.1 Å². The average molecular weight is 301 g/mol. The number of hydrogen-bond donors (Lipinski definition) is 1. The van der Waals surface area contributed by atoms with Crippen LogP contribution in [0.4, 0.5) is 4.39 Å². The number of H-pyrrole nitrogens is 1. The van der Waals surface area contributed by atoms with Crippen LogP contribution in [0.5, 0.6) is 0 Å². The average Bonchev–Trinajstić information content (AvgIpc) is 2.98. The van der Waals surface area contributed by atoms with Gasteiger partial charge in [-0.2, -0.15) is 0 Å². The zero-order chi connectivity index (χ0) is 14.8. The molecule has 0 saturated carbocycles. The summed E-state index contributed by atoms with van der Waals surface area (Å²) >= 11 is 5.83. The van der Waals surface area contributed by atoms with E-state index in [1.165, 1.54) is 30.5 Å². The molecule has 1 aromatic heterocycles. The Balaban J connectivity index is 1.89. The van der Waals surface area contributed by atoms with Crippen molar-refractivity contribution in [2.45, 2.75) is 0 Å². The molecule has 5 heteroatoms. The van der Waals surface area contributed by atoms with Crippen molar-refractivity contribution in [3.05, 3.63) is 76.8 Å². The predicted molar refractivity (Wildman–Crippen MR) is 78.9 cm³/mol. The van der Waals surface area contributed by atoms with Gasteiger partial charge in [0.2, 0.25) is 5.78 Å². The van der Waals surface area contributed by atoms with Crippen molar-refractivity contribution in [2.24, 2.45) is 0 Å². The van der Waals surface area contributed by atoms with Crippen LogP contribution in [-0.2, 0) is 0 Å². The molecule has 0 saturated heterocycles. The zero-order valence-corrected chi connectivity index (χ0v) is 11.6. The van der Waals surface area contributed by atoms with E-state index >= 15 is 0 Å². The number of ketones is 1. The number of carbonyl (C=O) groups excluding carboxylic acids is 1. The fourth-order valence-electron chi connectivity index (χ4n) is 1.95. The molecule has 0 unspecified atom stereocenters. The Morgan fingerprint density at radius 2 is 1.71 bits per heavy atom. The van der Waals surface area contributed by atoms with Gasteiger partial charge >= 0.3 is 0 Å². The van der Waals surface area contributed by atoms with Crippen LogP contribution in [0, 0.1) is 5.82 Å². The number of carbonyl (C=O) groups is 1. The van der Waals surface area contributed by atoms with Gasteiger partial charge in [0.1, 0.15) is 17.3 Å². The molecule has 0 atom stereocenters. The number of imidazole rings is 1. The van der Waals surface area contributed by atoms with Crippen LogP contribution in [0.2, 0.25) is 5.02 Å². The van der Waals surface area contributed by atoms with E-state index in [0.29, 0.717) is 22.1 Å². The molecule has 3 aromatic rings. The first-order chi connectivity index (χ1) is 10.1. The third-order valence-electron chi connectivity index (χ3n) is 3.04. The van der Waals surface area contributed by atoms with Crippen molar-refractivity contribution in [1.82, 2.24) is 9.97 Å². The first kappa shape index (κ1) is 13.5. The lowest BCUT2D eigenvalue weighted by molar-refractivity contribution is 0.103. The maximum Gasteiger partial charge on any atom is 0.210 e. The third kappa shape index (κ3) is 2.85. The van der Waals surface area contributed by atoms with Gasteiger partial charge in [-0.3, -0.25) is 4.79 Å². The van der Waals surface area contributed by atoms with Crippen molar-refractivity contribution < 1.29 is 9.18 Å². The summed E-state index contributed by atoms with van der Waals surface area (Å²) in [7, 11) is 0. The highest BCUT2D eigenvalue weighted by Gasteiger charge is 2.13. The summed E-state index contributed by atoms with van der Waals surface area (Å²) < 4.78 is 12.9. The lowest BCUT2D eigenvalue weighted by atomic mass is 10.1. The van der Waals surface area contributed by atoms with E-state index in [2.05, 4.69) is 9.97 Å². The molecule has 2 aromatic carbocycles. The van der Waals surface area contributed by atoms with Gasteiger partial charge in [0.05, 0.1) is 6.20 Å². The number of benzene rings is 2. The fourth-order valence-corrected chi connectivity index (χ4v) is 2.07. The summed E-state index contributed by atoms with van der Waals surface area (Å²) in [5.41, 5.74) is 1.59. The number of nitrogens with zero attached hydrogens (tertiary/aromatic N) is 1. The first-order valence-corrected chi connectivity index (χ1v) is 6.62. The molecule has 1 heterocycles. The van der Waals surface area contributed by atoms with Crippen molar-refractivity contribution in [2.75, 3.05) is 0 Å². The number of hydrogen-bond acceptors (Lipinski definition) is 2. The highest BCUT2D eigenvalue weighted by molar-refractivity contribution is 6.30. The normalized spacial score (nSPS) is 10.6. The molecule has 21 heavy (non-hydrogen) atoms. The molecule has 0 bridgehead atoms. The Hall–Kier alpha value is -2.46. The first-order valence-electron chi connectivity index (χ1n) is 6.25. The predicted octanol–water partition coefficient (Wildman–Crippen LogP) is 4.10. The molecule has 0 aliphatic rings. The van der Waals surface area contributed by atoms with Crippen LogP contribution in [0.25, 0.3) is 11.4 Å². The molecule has 3 nitrogen and oxygen atoms in total. The molecular weight excluding hydrogens is 291 g/mol. The Kier molecular flexibility index (Phi) is 3.54. The maximum atomic E-state index is 12.9. The van der Waals surface area contributed by atoms with E-state index in [-0.39, 0.29) is 11.6 Å². The second-order valence-electron chi connectivity index (χ2n) is 4.49. The van der Waals surface area contributed by atoms with Crippen LogP contribution >= 0.6 is 11.6 Å². The highest BCUT2D eigenvalue weighted by Crippen LogP contribution is 2.19. The van der Waals surface area contributed by atoms with Gasteiger partial charge in [0.25, 0.3) is 0 Å². The van der Waals surface area contributed by atoms with E-state index in [9.17, 15) is 9.18 Å². The van der Waals surface area contributed by atoms with Crippen LogP contribution in [0.3, 0.4) is 0 Å². The van der Waals surface area contributed by atoms with Gasteiger partial charge in [-0.25, -0.2) is 9.37 Å². The molecule has 0 radical (unpaired) electrons. The number of nitrogens with one attached hydrogen (secondary N) is 1. The Morgan fingerprint density at radius 1 is 1.05 bits per heavy atom. The molecule has 0 aliphatic carbocycles. The van der Waals surface area contributed by atoms with Crippen molar-refractivity contribution in [3.63, 3.8) is 0 Å². The fraction of sp³-hybridized carbons (Fsp3) is 0. The van der Waals surface area contributed by atoms with Gasteiger partial charge in [-0.05, 0) is 48.5 Å². The van der Waals surface area contributed by atoms with Gasteiger partial charge in [0.15, 0.2) is 0 Å². The summed E-state index contributed by atoms with van der Waals surface area (Å²) in [6, 6.07) is 12.5. The number of aromatic nitrogens is 2. The topological polar surface area (TPSA) is 45.8 Å². The van der Waals surface area contributed by atoms with E-state index < -0.39 is 0 Å². The summed E-state index contributed by atoms with van der Waals surface area (Å²) in [5, 5.41) is 0.632. The largest absolute Gasteiger partial charge is 0.335 e. The zero-order valence-electron chi connectivity index (χ0n) is 10.8. The second kappa shape index (κ2) is 5.50. The van der Waals surface area contributed by atoms with Crippen LogP contribution in [0.15, 0.2) is 54.7 Å². The third-order valence-corrected chi connectivity index (χ3v) is 3.30. The number of rotatable bonds is 3. The molecule has 0 fully saturated rings. The molecule has 3 rings (SSSR count). The SMILES string of the molecule is O=C(c1ccc(F)cc1)c1cnc(-c2ccc(Cl)cc2)[nH]1. The minimum atomic E-state index is -0.377. The van der Waals surface area contributed by atoms with Gasteiger partial charge < -0.3 is 4.98 Å². The molecule has 0 amide bonds. The van der Waals surface area contributed by atoms with E-state index in [1.807, 2.05) is 12.1 Å². The van der Waals surface area contributed by atoms with Gasteiger partial charge in [-0.1, -0.05) is 11.6 Å². The number of halogens is 2. The highest BCUT2D eigenvalue weighted by atomic mass is 35.5. The van der Waals surface area contributed by atoms with Crippen molar-refractivity contribution in [1.29, 1.82) is 0 Å².